The molecule has 1 saturated heterocycles. The zero-order valence-corrected chi connectivity index (χ0v) is 20.3. The molecule has 0 unspecified atom stereocenters. The van der Waals surface area contributed by atoms with Gasteiger partial charge in [-0.25, -0.2) is 4.68 Å². The van der Waals surface area contributed by atoms with E-state index >= 15 is 0 Å². The lowest BCUT2D eigenvalue weighted by Crippen LogP contribution is -2.39. The number of halogens is 1. The molecule has 1 N–H and O–H groups in total. The molecular weight excluding hydrogens is 448 g/mol. The number of hydrogen-bond acceptors (Lipinski definition) is 5. The van der Waals surface area contributed by atoms with Crippen molar-refractivity contribution in [3.8, 4) is 5.69 Å². The number of carbonyl (C=O) groups is 1. The van der Waals surface area contributed by atoms with Gasteiger partial charge in [-0.1, -0.05) is 29.8 Å². The van der Waals surface area contributed by atoms with E-state index in [1.807, 2.05) is 74.0 Å². The molecule has 2 aromatic carbocycles. The second kappa shape index (κ2) is 9.06. The third-order valence-corrected chi connectivity index (χ3v) is 6.88. The van der Waals surface area contributed by atoms with Gasteiger partial charge in [0, 0.05) is 29.7 Å². The van der Waals surface area contributed by atoms with Gasteiger partial charge in [-0.2, -0.15) is 10.2 Å². The van der Waals surface area contributed by atoms with Crippen molar-refractivity contribution in [3.63, 3.8) is 0 Å². The summed E-state index contributed by atoms with van der Waals surface area (Å²) in [5.41, 5.74) is 5.58. The summed E-state index contributed by atoms with van der Waals surface area (Å²) in [6.45, 7) is 7.47. The summed E-state index contributed by atoms with van der Waals surface area (Å²) in [7, 11) is 0. The quantitative estimate of drug-likeness (QED) is 0.437. The van der Waals surface area contributed by atoms with Crippen LogP contribution >= 0.6 is 11.6 Å². The molecule has 34 heavy (non-hydrogen) atoms. The molecule has 0 saturated carbocycles. The molecule has 0 aliphatic carbocycles. The molecule has 0 radical (unpaired) electrons. The maximum Gasteiger partial charge on any atom is 0.227 e. The van der Waals surface area contributed by atoms with Crippen LogP contribution in [0, 0.1) is 26.7 Å². The van der Waals surface area contributed by atoms with Gasteiger partial charge in [-0.15, -0.1) is 5.10 Å². The minimum Gasteiger partial charge on any atom is -0.353 e. The highest BCUT2D eigenvalue weighted by Crippen LogP contribution is 2.32. The van der Waals surface area contributed by atoms with Crippen LogP contribution in [-0.4, -0.2) is 39.0 Å². The molecule has 174 valence electrons. The summed E-state index contributed by atoms with van der Waals surface area (Å²) in [5.74, 6) is 0.823. The number of amides is 1. The third kappa shape index (κ3) is 4.12. The standard InChI is InChI=1S/C26H27ClN6O/c1-16-6-4-5-7-22(16)28-26(34)19-12-14-32(15-13-19)25-24-23(17(2)29-30-25)18(3)33(31-24)21-10-8-20(27)9-11-21/h4-11,19H,12-15H2,1-3H3,(H,28,34). The van der Waals surface area contributed by atoms with Crippen LogP contribution < -0.4 is 10.2 Å². The number of rotatable bonds is 4. The highest BCUT2D eigenvalue weighted by atomic mass is 35.5. The Morgan fingerprint density at radius 3 is 2.41 bits per heavy atom. The van der Waals surface area contributed by atoms with Crippen LogP contribution in [0.15, 0.2) is 48.5 Å². The van der Waals surface area contributed by atoms with Crippen LogP contribution in [0.25, 0.3) is 16.6 Å². The lowest BCUT2D eigenvalue weighted by Gasteiger charge is -2.32. The summed E-state index contributed by atoms with van der Waals surface area (Å²) in [5, 5.41) is 18.7. The topological polar surface area (TPSA) is 75.9 Å². The average Bonchev–Trinajstić information content (AvgIpc) is 3.19. The summed E-state index contributed by atoms with van der Waals surface area (Å²) in [6.07, 6.45) is 1.51. The van der Waals surface area contributed by atoms with Gasteiger partial charge in [0.15, 0.2) is 5.82 Å². The number of aryl methyl sites for hydroxylation is 3. The predicted octanol–water partition coefficient (Wildman–Crippen LogP) is 5.25. The van der Waals surface area contributed by atoms with Crippen LogP contribution in [0.2, 0.25) is 5.02 Å². The van der Waals surface area contributed by atoms with Gasteiger partial charge in [-0.05, 0) is 69.5 Å². The van der Waals surface area contributed by atoms with Crippen LogP contribution in [-0.2, 0) is 4.79 Å². The minimum atomic E-state index is -0.0295. The number of para-hydroxylation sites is 1. The molecule has 1 amide bonds. The second-order valence-electron chi connectivity index (χ2n) is 8.87. The summed E-state index contributed by atoms with van der Waals surface area (Å²) < 4.78 is 1.92. The molecule has 1 fully saturated rings. The van der Waals surface area contributed by atoms with E-state index in [0.717, 1.165) is 71.0 Å². The highest BCUT2D eigenvalue weighted by Gasteiger charge is 2.28. The van der Waals surface area contributed by atoms with E-state index in [2.05, 4.69) is 20.4 Å². The van der Waals surface area contributed by atoms with Crippen molar-refractivity contribution in [1.82, 2.24) is 20.0 Å². The van der Waals surface area contributed by atoms with Crippen molar-refractivity contribution in [2.45, 2.75) is 33.6 Å². The summed E-state index contributed by atoms with van der Waals surface area (Å²) in [4.78, 5) is 15.1. The molecule has 2 aromatic heterocycles. The Bertz CT molecular complexity index is 1360. The normalized spacial score (nSPS) is 14.5. The van der Waals surface area contributed by atoms with E-state index < -0.39 is 0 Å². The smallest absolute Gasteiger partial charge is 0.227 e. The van der Waals surface area contributed by atoms with Gasteiger partial charge in [0.05, 0.1) is 22.5 Å². The van der Waals surface area contributed by atoms with Crippen molar-refractivity contribution in [2.75, 3.05) is 23.3 Å². The number of anilines is 2. The van der Waals surface area contributed by atoms with Gasteiger partial charge in [0.2, 0.25) is 5.91 Å². The van der Waals surface area contributed by atoms with Gasteiger partial charge >= 0.3 is 0 Å². The van der Waals surface area contributed by atoms with E-state index in [9.17, 15) is 4.79 Å². The number of fused-ring (bicyclic) bond motifs is 1. The fraction of sp³-hybridized carbons (Fsp3) is 0.308. The maximum atomic E-state index is 12.9. The molecule has 3 heterocycles. The van der Waals surface area contributed by atoms with Gasteiger partial charge < -0.3 is 10.2 Å². The molecule has 0 spiro atoms. The monoisotopic (exact) mass is 474 g/mol. The number of piperidine rings is 1. The molecule has 4 aromatic rings. The first kappa shape index (κ1) is 22.3. The molecular formula is C26H27ClN6O. The van der Waals surface area contributed by atoms with E-state index in [0.29, 0.717) is 5.02 Å². The lowest BCUT2D eigenvalue weighted by atomic mass is 9.95. The highest BCUT2D eigenvalue weighted by molar-refractivity contribution is 6.30. The fourth-order valence-electron chi connectivity index (χ4n) is 4.66. The minimum absolute atomic E-state index is 0.0295. The first-order valence-electron chi connectivity index (χ1n) is 11.5. The van der Waals surface area contributed by atoms with Crippen molar-refractivity contribution in [2.24, 2.45) is 5.92 Å². The van der Waals surface area contributed by atoms with E-state index in [1.54, 1.807) is 0 Å². The molecule has 8 heteroatoms. The van der Waals surface area contributed by atoms with E-state index in [4.69, 9.17) is 16.7 Å². The maximum absolute atomic E-state index is 12.9. The van der Waals surface area contributed by atoms with Crippen molar-refractivity contribution >= 4 is 39.9 Å². The number of carbonyl (C=O) groups excluding carboxylic acids is 1. The number of hydrogen-bond donors (Lipinski definition) is 1. The SMILES string of the molecule is Cc1ccccc1NC(=O)C1CCN(c2nnc(C)c3c(C)n(-c4ccc(Cl)cc4)nc23)CC1. The van der Waals surface area contributed by atoms with Gasteiger partial charge in [0.1, 0.15) is 5.52 Å². The fourth-order valence-corrected chi connectivity index (χ4v) is 4.79. The summed E-state index contributed by atoms with van der Waals surface area (Å²) in [6, 6.07) is 15.5. The van der Waals surface area contributed by atoms with Crippen LogP contribution in [0.5, 0.6) is 0 Å². The average molecular weight is 475 g/mol. The zero-order valence-electron chi connectivity index (χ0n) is 19.5. The Morgan fingerprint density at radius 1 is 1.00 bits per heavy atom. The van der Waals surface area contributed by atoms with Crippen LogP contribution in [0.3, 0.4) is 0 Å². The van der Waals surface area contributed by atoms with Crippen LogP contribution in [0.4, 0.5) is 11.5 Å². The Morgan fingerprint density at radius 2 is 1.71 bits per heavy atom. The van der Waals surface area contributed by atoms with Gasteiger partial charge in [0.25, 0.3) is 0 Å². The number of nitrogens with zero attached hydrogens (tertiary/aromatic N) is 5. The Labute approximate surface area is 203 Å². The number of benzene rings is 2. The molecule has 0 bridgehead atoms. The predicted molar refractivity (Wildman–Crippen MR) is 136 cm³/mol. The Balaban J connectivity index is 1.37. The molecule has 1 aliphatic heterocycles. The first-order chi connectivity index (χ1) is 16.4. The largest absolute Gasteiger partial charge is 0.353 e. The Hall–Kier alpha value is -3.45. The van der Waals surface area contributed by atoms with E-state index in [1.165, 1.54) is 0 Å². The molecule has 5 rings (SSSR count). The van der Waals surface area contributed by atoms with Crippen LogP contribution in [0.1, 0.15) is 29.8 Å². The second-order valence-corrected chi connectivity index (χ2v) is 9.31. The van der Waals surface area contributed by atoms with Gasteiger partial charge in [-0.3, -0.25) is 4.79 Å². The third-order valence-electron chi connectivity index (χ3n) is 6.62. The van der Waals surface area contributed by atoms with Crippen molar-refractivity contribution in [3.05, 3.63) is 70.5 Å². The summed E-state index contributed by atoms with van der Waals surface area (Å²) >= 11 is 6.07. The molecule has 1 aliphatic rings. The van der Waals surface area contributed by atoms with Crippen molar-refractivity contribution < 1.29 is 4.79 Å². The number of nitrogens with one attached hydrogen (secondary N) is 1. The Kier molecular flexibility index (Phi) is 5.96. The van der Waals surface area contributed by atoms with E-state index in [-0.39, 0.29) is 11.8 Å². The molecule has 0 atom stereocenters. The first-order valence-corrected chi connectivity index (χ1v) is 11.9. The lowest BCUT2D eigenvalue weighted by molar-refractivity contribution is -0.120. The number of aromatic nitrogens is 4. The van der Waals surface area contributed by atoms with Crippen molar-refractivity contribution in [1.29, 1.82) is 0 Å². The molecule has 7 nitrogen and oxygen atoms in total. The zero-order chi connectivity index (χ0) is 23.8.